The molecule has 3 N–H and O–H groups in total. The molecule has 0 saturated carbocycles. The Labute approximate surface area is 157 Å². The van der Waals surface area contributed by atoms with Gasteiger partial charge >= 0.3 is 12.1 Å². The maximum atomic E-state index is 12.3. The van der Waals surface area contributed by atoms with Crippen molar-refractivity contribution in [3.05, 3.63) is 54.2 Å². The molecule has 0 unspecified atom stereocenters. The van der Waals surface area contributed by atoms with E-state index in [9.17, 15) is 9.59 Å². The molecule has 2 heterocycles. The van der Waals surface area contributed by atoms with Gasteiger partial charge in [0.25, 0.3) is 0 Å². The minimum atomic E-state index is -1.05. The second-order valence-corrected chi connectivity index (χ2v) is 6.32. The van der Waals surface area contributed by atoms with Gasteiger partial charge < -0.3 is 25.4 Å². The van der Waals surface area contributed by atoms with Crippen molar-refractivity contribution in [2.75, 3.05) is 31.1 Å². The molecule has 3 rings (SSSR count). The van der Waals surface area contributed by atoms with Gasteiger partial charge in [0.2, 0.25) is 0 Å². The smallest absolute Gasteiger partial charge is 0.415 e. The molecule has 0 aliphatic carbocycles. The number of anilines is 1. The first-order valence-electron chi connectivity index (χ1n) is 8.73. The quantitative estimate of drug-likeness (QED) is 0.818. The fourth-order valence-electron chi connectivity index (χ4n) is 2.86. The topological polar surface area (TPSA) is 109 Å². The van der Waals surface area contributed by atoms with Crippen molar-refractivity contribution in [3.63, 3.8) is 0 Å². The van der Waals surface area contributed by atoms with E-state index in [0.717, 1.165) is 11.4 Å². The monoisotopic (exact) mass is 370 g/mol. The fraction of sp³-hybridized carbons (Fsp3) is 0.316. The van der Waals surface area contributed by atoms with Crippen molar-refractivity contribution in [1.82, 2.24) is 9.88 Å². The molecule has 1 amide bonds. The molecule has 1 fully saturated rings. The van der Waals surface area contributed by atoms with Crippen molar-refractivity contribution in [1.29, 1.82) is 0 Å². The van der Waals surface area contributed by atoms with Gasteiger partial charge in [-0.2, -0.15) is 0 Å². The zero-order valence-electron chi connectivity index (χ0n) is 14.8. The summed E-state index contributed by atoms with van der Waals surface area (Å²) in [6.45, 7) is 2.50. The number of amides is 1. The van der Waals surface area contributed by atoms with Crippen LogP contribution in [0.1, 0.15) is 5.56 Å². The summed E-state index contributed by atoms with van der Waals surface area (Å²) in [5.74, 6) is 0.274. The van der Waals surface area contributed by atoms with E-state index in [-0.39, 0.29) is 6.42 Å². The average molecular weight is 370 g/mol. The maximum Gasteiger partial charge on any atom is 0.415 e. The lowest BCUT2D eigenvalue weighted by Gasteiger charge is -2.34. The summed E-state index contributed by atoms with van der Waals surface area (Å²) in [6.07, 6.45) is 1.58. The first-order chi connectivity index (χ1) is 13.0. The molecular weight excluding hydrogens is 348 g/mol. The van der Waals surface area contributed by atoms with Gasteiger partial charge in [-0.3, -0.25) is 4.79 Å². The zero-order chi connectivity index (χ0) is 19.2. The Morgan fingerprint density at radius 3 is 2.41 bits per heavy atom. The number of benzene rings is 1. The number of nitrogens with zero attached hydrogens (tertiary/aromatic N) is 3. The summed E-state index contributed by atoms with van der Waals surface area (Å²) in [4.78, 5) is 31.2. The Hall–Kier alpha value is -3.13. The normalized spacial score (nSPS) is 15.3. The molecule has 142 valence electrons. The number of rotatable bonds is 5. The van der Waals surface area contributed by atoms with Crippen LogP contribution in [0.4, 0.5) is 10.6 Å². The molecule has 1 aromatic carbocycles. The minimum absolute atomic E-state index is 0.221. The largest absolute Gasteiger partial charge is 0.480 e. The predicted molar refractivity (Wildman–Crippen MR) is 99.8 cm³/mol. The zero-order valence-corrected chi connectivity index (χ0v) is 14.8. The van der Waals surface area contributed by atoms with E-state index in [1.54, 1.807) is 35.4 Å². The van der Waals surface area contributed by atoms with Gasteiger partial charge in [0.15, 0.2) is 0 Å². The molecule has 1 aliphatic heterocycles. The Morgan fingerprint density at radius 1 is 1.11 bits per heavy atom. The van der Waals surface area contributed by atoms with Gasteiger partial charge in [-0.1, -0.05) is 18.2 Å². The van der Waals surface area contributed by atoms with Crippen molar-refractivity contribution in [2.24, 2.45) is 5.73 Å². The van der Waals surface area contributed by atoms with Crippen LogP contribution >= 0.6 is 0 Å². The third-order valence-corrected chi connectivity index (χ3v) is 4.41. The predicted octanol–water partition coefficient (Wildman–Crippen LogP) is 1.36. The molecule has 0 radical (unpaired) electrons. The number of ether oxygens (including phenoxy) is 1. The number of piperazine rings is 1. The highest BCUT2D eigenvalue weighted by Crippen LogP contribution is 2.17. The van der Waals surface area contributed by atoms with Crippen molar-refractivity contribution >= 4 is 17.9 Å². The number of nitrogens with two attached hydrogens (primary N) is 1. The van der Waals surface area contributed by atoms with Gasteiger partial charge in [0.05, 0.1) is 0 Å². The molecule has 0 bridgehead atoms. The summed E-state index contributed by atoms with van der Waals surface area (Å²) in [6, 6.07) is 11.5. The Balaban J connectivity index is 1.50. The summed E-state index contributed by atoms with van der Waals surface area (Å²) in [5, 5.41) is 8.85. The van der Waals surface area contributed by atoms with Gasteiger partial charge in [0.1, 0.15) is 17.6 Å². The number of aliphatic carboxylic acids is 1. The Bertz CT molecular complexity index is 774. The van der Waals surface area contributed by atoms with Crippen molar-refractivity contribution in [2.45, 2.75) is 12.5 Å². The molecule has 8 nitrogen and oxygen atoms in total. The van der Waals surface area contributed by atoms with Crippen molar-refractivity contribution in [3.8, 4) is 5.75 Å². The lowest BCUT2D eigenvalue weighted by atomic mass is 10.1. The van der Waals surface area contributed by atoms with Crippen LogP contribution in [-0.2, 0) is 11.2 Å². The number of carboxylic acid groups (broad SMARTS) is 1. The standard InChI is InChI=1S/C19H22N4O4/c20-16(18(24)25)13-14-4-6-15(7-5-14)27-19(26)23-11-9-22(10-12-23)17-3-1-2-8-21-17/h1-8,16H,9-13,20H2,(H,24,25)/t16-/m0/s1. The van der Waals surface area contributed by atoms with Crippen LogP contribution in [0.2, 0.25) is 0 Å². The summed E-state index contributed by atoms with van der Waals surface area (Å²) in [7, 11) is 0. The van der Waals surface area contributed by atoms with Gasteiger partial charge in [-0.25, -0.2) is 9.78 Å². The highest BCUT2D eigenvalue weighted by molar-refractivity contribution is 5.73. The van der Waals surface area contributed by atoms with E-state index < -0.39 is 18.1 Å². The van der Waals surface area contributed by atoms with E-state index >= 15 is 0 Å². The third kappa shape index (κ3) is 4.95. The highest BCUT2D eigenvalue weighted by atomic mass is 16.6. The molecule has 2 aromatic rings. The maximum absolute atomic E-state index is 12.3. The molecule has 1 aliphatic rings. The van der Waals surface area contributed by atoms with Crippen LogP contribution in [0.15, 0.2) is 48.7 Å². The number of hydrogen-bond donors (Lipinski definition) is 2. The number of carboxylic acids is 1. The minimum Gasteiger partial charge on any atom is -0.480 e. The van der Waals surface area contributed by atoms with E-state index in [4.69, 9.17) is 15.6 Å². The van der Waals surface area contributed by atoms with Crippen LogP contribution in [-0.4, -0.2) is 59.3 Å². The molecule has 1 saturated heterocycles. The van der Waals surface area contributed by atoms with E-state index in [0.29, 0.717) is 31.9 Å². The van der Waals surface area contributed by atoms with Crippen LogP contribution in [0.3, 0.4) is 0 Å². The first kappa shape index (κ1) is 18.7. The van der Waals surface area contributed by atoms with Crippen molar-refractivity contribution < 1.29 is 19.4 Å². The SMILES string of the molecule is N[C@@H](Cc1ccc(OC(=O)N2CCN(c3ccccn3)CC2)cc1)C(=O)O. The number of aromatic nitrogens is 1. The molecule has 0 spiro atoms. The lowest BCUT2D eigenvalue weighted by molar-refractivity contribution is -0.138. The molecule has 27 heavy (non-hydrogen) atoms. The third-order valence-electron chi connectivity index (χ3n) is 4.41. The van der Waals surface area contributed by atoms with Gasteiger partial charge in [-0.05, 0) is 36.2 Å². The number of carbonyl (C=O) groups is 2. The average Bonchev–Trinajstić information content (AvgIpc) is 2.70. The number of pyridine rings is 1. The molecular formula is C19H22N4O4. The fourth-order valence-corrected chi connectivity index (χ4v) is 2.86. The molecule has 1 aromatic heterocycles. The lowest BCUT2D eigenvalue weighted by Crippen LogP contribution is -2.49. The van der Waals surface area contributed by atoms with Crippen LogP contribution < -0.4 is 15.4 Å². The summed E-state index contributed by atoms with van der Waals surface area (Å²) >= 11 is 0. The molecule has 1 atom stereocenters. The van der Waals surface area contributed by atoms with E-state index in [1.807, 2.05) is 18.2 Å². The van der Waals surface area contributed by atoms with E-state index in [1.165, 1.54) is 0 Å². The first-order valence-corrected chi connectivity index (χ1v) is 8.73. The second-order valence-electron chi connectivity index (χ2n) is 6.32. The highest BCUT2D eigenvalue weighted by Gasteiger charge is 2.23. The van der Waals surface area contributed by atoms with Crippen LogP contribution in [0.25, 0.3) is 0 Å². The number of carbonyl (C=O) groups excluding carboxylic acids is 1. The Kier molecular flexibility index (Phi) is 5.87. The summed E-state index contributed by atoms with van der Waals surface area (Å²) < 4.78 is 5.41. The van der Waals surface area contributed by atoms with E-state index in [2.05, 4.69) is 9.88 Å². The van der Waals surface area contributed by atoms with Crippen LogP contribution in [0, 0.1) is 0 Å². The second kappa shape index (κ2) is 8.50. The number of hydrogen-bond acceptors (Lipinski definition) is 6. The summed E-state index contributed by atoms with van der Waals surface area (Å²) in [5.41, 5.74) is 6.29. The Morgan fingerprint density at radius 2 is 1.81 bits per heavy atom. The van der Waals surface area contributed by atoms with Gasteiger partial charge in [-0.15, -0.1) is 0 Å². The molecule has 8 heteroatoms. The van der Waals surface area contributed by atoms with Gasteiger partial charge in [0, 0.05) is 32.4 Å². The van der Waals surface area contributed by atoms with Crippen LogP contribution in [0.5, 0.6) is 5.75 Å².